The van der Waals surface area contributed by atoms with E-state index in [4.69, 9.17) is 0 Å². The Morgan fingerprint density at radius 3 is 2.62 bits per heavy atom. The van der Waals surface area contributed by atoms with Gasteiger partial charge in [-0.15, -0.1) is 0 Å². The van der Waals surface area contributed by atoms with Gasteiger partial charge in [0.1, 0.15) is 5.71 Å². The Kier molecular flexibility index (Phi) is 4.51. The number of carbonyl (C=O) groups excluding carboxylic acids is 2. The molecular weight excluding hydrogens is 307 g/mol. The van der Waals surface area contributed by atoms with E-state index in [1.165, 1.54) is 24.3 Å². The number of alkyl halides is 3. The summed E-state index contributed by atoms with van der Waals surface area (Å²) in [5.74, 6) is -0.940. The van der Waals surface area contributed by atoms with Crippen molar-refractivity contribution in [1.82, 2.24) is 5.43 Å². The second-order valence-electron chi connectivity index (χ2n) is 4.09. The molecule has 2 rings (SSSR count). The molecule has 112 valence electrons. The molecule has 2 N–H and O–H groups in total. The summed E-state index contributed by atoms with van der Waals surface area (Å²) in [6, 6.07) is 5.59. The van der Waals surface area contributed by atoms with Gasteiger partial charge in [0.25, 0.3) is 5.91 Å². The number of nitrogens with zero attached hydrogens (tertiary/aromatic N) is 1. The van der Waals surface area contributed by atoms with Crippen LogP contribution in [0, 0.1) is 0 Å². The molecule has 1 heterocycles. The molecule has 0 aromatic heterocycles. The zero-order valence-corrected chi connectivity index (χ0v) is 11.3. The van der Waals surface area contributed by atoms with E-state index in [2.05, 4.69) is 15.8 Å². The Balaban J connectivity index is 2.12. The number of hydrogen-bond donors (Lipinski definition) is 2. The van der Waals surface area contributed by atoms with Gasteiger partial charge in [-0.3, -0.25) is 9.59 Å². The third kappa shape index (κ3) is 4.48. The van der Waals surface area contributed by atoms with Crippen molar-refractivity contribution in [1.29, 1.82) is 0 Å². The van der Waals surface area contributed by atoms with Crippen molar-refractivity contribution in [2.45, 2.75) is 23.2 Å². The van der Waals surface area contributed by atoms with Crippen LogP contribution in [0.1, 0.15) is 12.8 Å². The van der Waals surface area contributed by atoms with Gasteiger partial charge in [-0.1, -0.05) is 12.1 Å². The lowest BCUT2D eigenvalue weighted by molar-refractivity contribution is -0.121. The topological polar surface area (TPSA) is 70.6 Å². The maximum absolute atomic E-state index is 12.4. The molecule has 0 saturated heterocycles. The van der Waals surface area contributed by atoms with Crippen LogP contribution in [0.4, 0.5) is 18.9 Å². The molecule has 5 nitrogen and oxygen atoms in total. The number of hydrogen-bond acceptors (Lipinski definition) is 4. The summed E-state index contributed by atoms with van der Waals surface area (Å²) in [7, 11) is 0. The molecule has 9 heteroatoms. The number of benzene rings is 1. The SMILES string of the molecule is O=C1CCC(C(=O)Nc2ccccc2SC(F)(F)F)=NN1. The van der Waals surface area contributed by atoms with Crippen molar-refractivity contribution in [3.05, 3.63) is 24.3 Å². The van der Waals surface area contributed by atoms with Gasteiger partial charge in [0, 0.05) is 17.7 Å². The first kappa shape index (κ1) is 15.4. The van der Waals surface area contributed by atoms with Crippen LogP contribution >= 0.6 is 11.8 Å². The number of halogens is 3. The Bertz CT molecular complexity index is 602. The first-order chi connectivity index (χ1) is 9.85. The predicted octanol–water partition coefficient (Wildman–Crippen LogP) is 2.50. The summed E-state index contributed by atoms with van der Waals surface area (Å²) in [5, 5.41) is 5.96. The Labute approximate surface area is 122 Å². The van der Waals surface area contributed by atoms with E-state index >= 15 is 0 Å². The molecule has 0 spiro atoms. The van der Waals surface area contributed by atoms with Crippen molar-refractivity contribution in [2.75, 3.05) is 5.32 Å². The highest BCUT2D eigenvalue weighted by molar-refractivity contribution is 8.00. The molecule has 1 aliphatic rings. The van der Waals surface area contributed by atoms with E-state index in [1.54, 1.807) is 0 Å². The van der Waals surface area contributed by atoms with Crippen molar-refractivity contribution >= 4 is 35.0 Å². The summed E-state index contributed by atoms with van der Waals surface area (Å²) in [4.78, 5) is 22.7. The average Bonchev–Trinajstić information content (AvgIpc) is 2.40. The molecule has 1 aromatic carbocycles. The highest BCUT2D eigenvalue weighted by Gasteiger charge is 2.30. The van der Waals surface area contributed by atoms with Crippen molar-refractivity contribution < 1.29 is 22.8 Å². The Morgan fingerprint density at radius 2 is 2.00 bits per heavy atom. The van der Waals surface area contributed by atoms with Crippen LogP contribution in [-0.2, 0) is 9.59 Å². The highest BCUT2D eigenvalue weighted by Crippen LogP contribution is 2.40. The van der Waals surface area contributed by atoms with Gasteiger partial charge in [-0.05, 0) is 23.9 Å². The molecule has 0 aliphatic carbocycles. The van der Waals surface area contributed by atoms with E-state index in [0.29, 0.717) is 0 Å². The summed E-state index contributed by atoms with van der Waals surface area (Å²) in [6.45, 7) is 0. The zero-order chi connectivity index (χ0) is 15.5. The lowest BCUT2D eigenvalue weighted by Crippen LogP contribution is -2.32. The van der Waals surface area contributed by atoms with Crippen LogP contribution in [-0.4, -0.2) is 23.0 Å². The quantitative estimate of drug-likeness (QED) is 0.842. The Hall–Kier alpha value is -2.03. The van der Waals surface area contributed by atoms with Gasteiger partial charge in [-0.2, -0.15) is 18.3 Å². The second kappa shape index (κ2) is 6.17. The smallest absolute Gasteiger partial charge is 0.320 e. The average molecular weight is 317 g/mol. The van der Waals surface area contributed by atoms with E-state index < -0.39 is 11.4 Å². The number of thioether (sulfide) groups is 1. The number of anilines is 1. The summed E-state index contributed by atoms with van der Waals surface area (Å²) < 4.78 is 37.3. The standard InChI is InChI=1S/C12H10F3N3O2S/c13-12(14,15)21-9-4-2-1-3-7(9)16-11(20)8-5-6-10(19)18-17-8/h1-4H,5-6H2,(H,16,20)(H,18,19). The maximum Gasteiger partial charge on any atom is 0.446 e. The molecule has 0 saturated carbocycles. The molecule has 0 atom stereocenters. The Morgan fingerprint density at radius 1 is 1.29 bits per heavy atom. The second-order valence-corrected chi connectivity index (χ2v) is 5.20. The maximum atomic E-state index is 12.4. The summed E-state index contributed by atoms with van der Waals surface area (Å²) >= 11 is -0.308. The van der Waals surface area contributed by atoms with Gasteiger partial charge in [0.2, 0.25) is 5.91 Å². The van der Waals surface area contributed by atoms with Crippen LogP contribution in [0.5, 0.6) is 0 Å². The molecule has 1 aliphatic heterocycles. The van der Waals surface area contributed by atoms with Gasteiger partial charge >= 0.3 is 5.51 Å². The number of carbonyl (C=O) groups is 2. The van der Waals surface area contributed by atoms with Crippen LogP contribution in [0.15, 0.2) is 34.3 Å². The van der Waals surface area contributed by atoms with E-state index in [1.807, 2.05) is 0 Å². The monoisotopic (exact) mass is 317 g/mol. The van der Waals surface area contributed by atoms with E-state index in [0.717, 1.165) is 0 Å². The number of para-hydroxylation sites is 1. The highest BCUT2D eigenvalue weighted by atomic mass is 32.2. The minimum Gasteiger partial charge on any atom is -0.320 e. The van der Waals surface area contributed by atoms with E-state index in [-0.39, 0.29) is 46.8 Å². The van der Waals surface area contributed by atoms with Crippen molar-refractivity contribution in [3.8, 4) is 0 Å². The third-order valence-electron chi connectivity index (χ3n) is 2.53. The predicted molar refractivity (Wildman–Crippen MR) is 71.8 cm³/mol. The normalized spacial score (nSPS) is 15.2. The van der Waals surface area contributed by atoms with Gasteiger partial charge < -0.3 is 5.32 Å². The summed E-state index contributed by atoms with van der Waals surface area (Å²) in [5.41, 5.74) is -2.18. The third-order valence-corrected chi connectivity index (χ3v) is 3.33. The van der Waals surface area contributed by atoms with Gasteiger partial charge in [-0.25, -0.2) is 5.43 Å². The molecule has 0 radical (unpaired) electrons. The first-order valence-corrected chi connectivity index (χ1v) is 6.68. The lowest BCUT2D eigenvalue weighted by atomic mass is 10.1. The molecule has 1 aromatic rings. The van der Waals surface area contributed by atoms with Gasteiger partial charge in [0.15, 0.2) is 0 Å². The van der Waals surface area contributed by atoms with Crippen LogP contribution in [0.2, 0.25) is 0 Å². The zero-order valence-electron chi connectivity index (χ0n) is 10.5. The molecule has 0 fully saturated rings. The van der Waals surface area contributed by atoms with E-state index in [9.17, 15) is 22.8 Å². The molecule has 21 heavy (non-hydrogen) atoms. The fourth-order valence-electron chi connectivity index (χ4n) is 1.62. The number of nitrogens with one attached hydrogen (secondary N) is 2. The van der Waals surface area contributed by atoms with Crippen LogP contribution < -0.4 is 10.7 Å². The fourth-order valence-corrected chi connectivity index (χ4v) is 2.24. The largest absolute Gasteiger partial charge is 0.446 e. The van der Waals surface area contributed by atoms with Crippen molar-refractivity contribution in [2.24, 2.45) is 5.10 Å². The molecule has 0 unspecified atom stereocenters. The lowest BCUT2D eigenvalue weighted by Gasteiger charge is -2.14. The van der Waals surface area contributed by atoms with Crippen molar-refractivity contribution in [3.63, 3.8) is 0 Å². The van der Waals surface area contributed by atoms with Gasteiger partial charge in [0.05, 0.1) is 5.69 Å². The first-order valence-electron chi connectivity index (χ1n) is 5.87. The fraction of sp³-hybridized carbons (Fsp3) is 0.250. The molecule has 2 amide bonds. The minimum atomic E-state index is -4.45. The number of hydrazone groups is 1. The van der Waals surface area contributed by atoms with Crippen LogP contribution in [0.25, 0.3) is 0 Å². The number of rotatable bonds is 3. The molecular formula is C12H10F3N3O2S. The minimum absolute atomic E-state index is 0.0458. The summed E-state index contributed by atoms with van der Waals surface area (Å²) in [6.07, 6.45) is 0.261. The number of amides is 2. The molecule has 0 bridgehead atoms. The van der Waals surface area contributed by atoms with Crippen LogP contribution in [0.3, 0.4) is 0 Å².